The molecule has 4 rings (SSSR count). The third-order valence-corrected chi connectivity index (χ3v) is 6.14. The van der Waals surface area contributed by atoms with E-state index in [9.17, 15) is 13.6 Å². The molecule has 8 heteroatoms. The van der Waals surface area contributed by atoms with Gasteiger partial charge in [0.2, 0.25) is 5.91 Å². The molecule has 1 saturated heterocycles. The molecule has 1 N–H and O–H groups in total. The lowest BCUT2D eigenvalue weighted by Gasteiger charge is -2.33. The summed E-state index contributed by atoms with van der Waals surface area (Å²) in [4.78, 5) is 21.4. The molecule has 162 valence electrons. The van der Waals surface area contributed by atoms with Gasteiger partial charge >= 0.3 is 0 Å². The molecule has 1 aromatic heterocycles. The summed E-state index contributed by atoms with van der Waals surface area (Å²) in [6.07, 6.45) is 0. The van der Waals surface area contributed by atoms with Gasteiger partial charge in [0, 0.05) is 56.3 Å². The van der Waals surface area contributed by atoms with Crippen molar-refractivity contribution in [2.45, 2.75) is 13.1 Å². The van der Waals surface area contributed by atoms with Gasteiger partial charge in [-0.15, -0.1) is 11.3 Å². The first-order valence-corrected chi connectivity index (χ1v) is 11.1. The Morgan fingerprint density at radius 1 is 1.00 bits per heavy atom. The Kier molecular flexibility index (Phi) is 7.01. The Balaban J connectivity index is 1.20. The van der Waals surface area contributed by atoms with Crippen molar-refractivity contribution in [3.63, 3.8) is 0 Å². The fourth-order valence-corrected chi connectivity index (χ4v) is 4.42. The molecule has 0 radical (unpaired) electrons. The topological polar surface area (TPSA) is 48.5 Å². The SMILES string of the molecule is O=C(CN1CCN(Cc2csc(-c3ccccc3)n2)CC1)NCc1cc(F)cc(F)c1. The van der Waals surface area contributed by atoms with E-state index in [-0.39, 0.29) is 19.0 Å². The number of nitrogens with zero attached hydrogens (tertiary/aromatic N) is 3. The molecule has 1 aliphatic heterocycles. The summed E-state index contributed by atoms with van der Waals surface area (Å²) in [5.41, 5.74) is 2.61. The van der Waals surface area contributed by atoms with Crippen molar-refractivity contribution in [1.82, 2.24) is 20.1 Å². The van der Waals surface area contributed by atoms with Gasteiger partial charge in [-0.3, -0.25) is 14.6 Å². The van der Waals surface area contributed by atoms with E-state index in [1.165, 1.54) is 12.1 Å². The van der Waals surface area contributed by atoms with Crippen LogP contribution >= 0.6 is 11.3 Å². The van der Waals surface area contributed by atoms with Gasteiger partial charge in [-0.1, -0.05) is 30.3 Å². The Morgan fingerprint density at radius 2 is 1.68 bits per heavy atom. The Hall–Kier alpha value is -2.68. The highest BCUT2D eigenvalue weighted by Crippen LogP contribution is 2.24. The van der Waals surface area contributed by atoms with E-state index in [0.717, 1.165) is 55.1 Å². The van der Waals surface area contributed by atoms with Gasteiger partial charge in [-0.25, -0.2) is 13.8 Å². The zero-order valence-electron chi connectivity index (χ0n) is 17.1. The summed E-state index contributed by atoms with van der Waals surface area (Å²) in [6.45, 7) is 4.49. The molecule has 0 aliphatic carbocycles. The number of rotatable bonds is 7. The normalized spacial score (nSPS) is 15.2. The van der Waals surface area contributed by atoms with E-state index in [4.69, 9.17) is 4.98 Å². The number of carbonyl (C=O) groups is 1. The maximum absolute atomic E-state index is 13.2. The van der Waals surface area contributed by atoms with Gasteiger partial charge in [0.15, 0.2) is 0 Å². The van der Waals surface area contributed by atoms with Gasteiger partial charge in [0.05, 0.1) is 12.2 Å². The summed E-state index contributed by atoms with van der Waals surface area (Å²) >= 11 is 1.66. The molecule has 0 unspecified atom stereocenters. The van der Waals surface area contributed by atoms with Crippen molar-refractivity contribution in [1.29, 1.82) is 0 Å². The molecule has 1 amide bonds. The van der Waals surface area contributed by atoms with Crippen LogP contribution < -0.4 is 5.32 Å². The standard InChI is InChI=1S/C23H24F2N4OS/c24-19-10-17(11-20(25)12-19)13-26-22(30)15-29-8-6-28(7-9-29)14-21-16-31-23(27-21)18-4-2-1-3-5-18/h1-5,10-12,16H,6-9,13-15H2,(H,26,30). The van der Waals surface area contributed by atoms with E-state index >= 15 is 0 Å². The lowest BCUT2D eigenvalue weighted by Crippen LogP contribution is -2.49. The van der Waals surface area contributed by atoms with Crippen LogP contribution in [-0.4, -0.2) is 53.4 Å². The fraction of sp³-hybridized carbons (Fsp3) is 0.304. The summed E-state index contributed by atoms with van der Waals surface area (Å²) in [5.74, 6) is -1.43. The van der Waals surface area contributed by atoms with Crippen LogP contribution in [0.4, 0.5) is 8.78 Å². The van der Waals surface area contributed by atoms with E-state index in [1.807, 2.05) is 18.2 Å². The minimum Gasteiger partial charge on any atom is -0.351 e. The Morgan fingerprint density at radius 3 is 2.39 bits per heavy atom. The summed E-state index contributed by atoms with van der Waals surface area (Å²) < 4.78 is 26.5. The molecule has 2 aromatic carbocycles. The van der Waals surface area contributed by atoms with Crippen LogP contribution in [0.2, 0.25) is 0 Å². The van der Waals surface area contributed by atoms with Crippen LogP contribution in [-0.2, 0) is 17.9 Å². The summed E-state index contributed by atoms with van der Waals surface area (Å²) in [7, 11) is 0. The average molecular weight is 443 g/mol. The molecule has 1 fully saturated rings. The molecule has 0 saturated carbocycles. The molecule has 31 heavy (non-hydrogen) atoms. The lowest BCUT2D eigenvalue weighted by atomic mass is 10.2. The molecule has 2 heterocycles. The number of aromatic nitrogens is 1. The Bertz CT molecular complexity index is 999. The van der Waals surface area contributed by atoms with Crippen molar-refractivity contribution in [2.75, 3.05) is 32.7 Å². The van der Waals surface area contributed by atoms with Crippen molar-refractivity contribution >= 4 is 17.2 Å². The first-order valence-electron chi connectivity index (χ1n) is 10.2. The van der Waals surface area contributed by atoms with E-state index in [0.29, 0.717) is 5.56 Å². The number of amides is 1. The van der Waals surface area contributed by atoms with Gasteiger partial charge in [0.25, 0.3) is 0 Å². The maximum atomic E-state index is 13.2. The van der Waals surface area contributed by atoms with Gasteiger partial charge in [-0.2, -0.15) is 0 Å². The van der Waals surface area contributed by atoms with Crippen molar-refractivity contribution < 1.29 is 13.6 Å². The molecular formula is C23H24F2N4OS. The molecular weight excluding hydrogens is 418 g/mol. The molecule has 0 spiro atoms. The number of halogens is 2. The summed E-state index contributed by atoms with van der Waals surface area (Å²) in [6, 6.07) is 13.4. The van der Waals surface area contributed by atoms with E-state index in [2.05, 4.69) is 32.6 Å². The molecule has 5 nitrogen and oxygen atoms in total. The van der Waals surface area contributed by atoms with E-state index in [1.54, 1.807) is 11.3 Å². The average Bonchev–Trinajstić information content (AvgIpc) is 3.22. The minimum absolute atomic E-state index is 0.112. The quantitative estimate of drug-likeness (QED) is 0.608. The zero-order chi connectivity index (χ0) is 21.6. The van der Waals surface area contributed by atoms with Crippen LogP contribution in [0, 0.1) is 11.6 Å². The van der Waals surface area contributed by atoms with Crippen LogP contribution in [0.1, 0.15) is 11.3 Å². The Labute approximate surface area is 184 Å². The smallest absolute Gasteiger partial charge is 0.234 e. The van der Waals surface area contributed by atoms with Crippen LogP contribution in [0.3, 0.4) is 0 Å². The number of hydrogen-bond donors (Lipinski definition) is 1. The lowest BCUT2D eigenvalue weighted by molar-refractivity contribution is -0.122. The third-order valence-electron chi connectivity index (χ3n) is 5.20. The van der Waals surface area contributed by atoms with Crippen LogP contribution in [0.25, 0.3) is 10.6 Å². The predicted molar refractivity (Wildman–Crippen MR) is 117 cm³/mol. The number of benzene rings is 2. The third kappa shape index (κ3) is 6.16. The number of thiazole rings is 1. The van der Waals surface area contributed by atoms with Crippen molar-refractivity contribution in [3.8, 4) is 10.6 Å². The zero-order valence-corrected chi connectivity index (χ0v) is 17.9. The highest BCUT2D eigenvalue weighted by atomic mass is 32.1. The second kappa shape index (κ2) is 10.1. The first-order chi connectivity index (χ1) is 15.0. The minimum atomic E-state index is -0.642. The first kappa shape index (κ1) is 21.5. The molecule has 0 atom stereocenters. The molecule has 1 aliphatic rings. The van der Waals surface area contributed by atoms with Gasteiger partial charge in [0.1, 0.15) is 16.6 Å². The monoisotopic (exact) mass is 442 g/mol. The maximum Gasteiger partial charge on any atom is 0.234 e. The van der Waals surface area contributed by atoms with Gasteiger partial charge < -0.3 is 5.32 Å². The van der Waals surface area contributed by atoms with Crippen molar-refractivity contribution in [2.24, 2.45) is 0 Å². The van der Waals surface area contributed by atoms with Gasteiger partial charge in [-0.05, 0) is 17.7 Å². The second-order valence-corrected chi connectivity index (χ2v) is 8.47. The number of carbonyl (C=O) groups excluding carboxylic acids is 1. The second-order valence-electron chi connectivity index (χ2n) is 7.62. The van der Waals surface area contributed by atoms with E-state index < -0.39 is 11.6 Å². The molecule has 3 aromatic rings. The van der Waals surface area contributed by atoms with Crippen LogP contribution in [0.15, 0.2) is 53.9 Å². The highest BCUT2D eigenvalue weighted by molar-refractivity contribution is 7.13. The molecule has 0 bridgehead atoms. The highest BCUT2D eigenvalue weighted by Gasteiger charge is 2.20. The number of hydrogen-bond acceptors (Lipinski definition) is 5. The largest absolute Gasteiger partial charge is 0.351 e. The summed E-state index contributed by atoms with van der Waals surface area (Å²) in [5, 5.41) is 5.87. The fourth-order valence-electron chi connectivity index (χ4n) is 3.60. The van der Waals surface area contributed by atoms with Crippen molar-refractivity contribution in [3.05, 3.63) is 76.8 Å². The number of piperazine rings is 1. The number of nitrogens with one attached hydrogen (secondary N) is 1. The predicted octanol–water partition coefficient (Wildman–Crippen LogP) is 3.52. The van der Waals surface area contributed by atoms with Crippen LogP contribution in [0.5, 0.6) is 0 Å².